The zero-order chi connectivity index (χ0) is 39.6. The van der Waals surface area contributed by atoms with E-state index in [-0.39, 0.29) is 34.6 Å². The average molecular weight is 777 g/mol. The van der Waals surface area contributed by atoms with Gasteiger partial charge in [-0.1, -0.05) is 25.5 Å². The monoisotopic (exact) mass is 776 g/mol. The minimum Gasteiger partial charge on any atom is -0.497 e. The van der Waals surface area contributed by atoms with E-state index >= 15 is 0 Å². The van der Waals surface area contributed by atoms with Crippen molar-refractivity contribution in [2.75, 3.05) is 27.4 Å². The van der Waals surface area contributed by atoms with Gasteiger partial charge in [-0.25, -0.2) is 0 Å². The third kappa shape index (κ3) is 6.96. The summed E-state index contributed by atoms with van der Waals surface area (Å²) in [5.41, 5.74) is 2.15. The molecule has 0 aromatic heterocycles. The topological polar surface area (TPSA) is 214 Å². The van der Waals surface area contributed by atoms with E-state index in [4.69, 9.17) is 28.4 Å². The van der Waals surface area contributed by atoms with E-state index in [9.17, 15) is 40.5 Å². The van der Waals surface area contributed by atoms with E-state index < -0.39 is 74.6 Å². The number of hydrogen-bond donors (Lipinski definition) is 7. The normalized spacial score (nSPS) is 46.9. The average Bonchev–Trinajstić information content (AvgIpc) is 3.50. The van der Waals surface area contributed by atoms with Crippen molar-refractivity contribution in [3.05, 3.63) is 35.4 Å². The van der Waals surface area contributed by atoms with Crippen LogP contribution < -0.4 is 9.47 Å². The number of fused-ring (bicyclic) bond motifs is 5. The highest BCUT2D eigenvalue weighted by Gasteiger charge is 2.63. The van der Waals surface area contributed by atoms with E-state index in [1.165, 1.54) is 5.57 Å². The Morgan fingerprint density at radius 2 is 1.53 bits per heavy atom. The molecule has 7 rings (SSSR count). The Labute approximate surface area is 322 Å². The molecule has 4 aliphatic carbocycles. The fraction of sp³-hybridized carbons (Fsp3) is 0.780. The molecule has 2 unspecified atom stereocenters. The highest BCUT2D eigenvalue weighted by molar-refractivity contribution is 5.81. The van der Waals surface area contributed by atoms with E-state index in [2.05, 4.69) is 19.9 Å². The van der Waals surface area contributed by atoms with Crippen LogP contribution in [0.3, 0.4) is 0 Å². The lowest BCUT2D eigenvalue weighted by Crippen LogP contribution is -2.65. The minimum atomic E-state index is -1.74. The second-order valence-corrected chi connectivity index (χ2v) is 17.3. The maximum Gasteiger partial charge on any atom is 0.187 e. The number of ether oxygens (including phenoxy) is 6. The molecule has 6 aliphatic rings. The minimum absolute atomic E-state index is 0.0286. The number of carbonyl (C=O) groups excluding carboxylic acids is 1. The first-order chi connectivity index (χ1) is 26.2. The molecule has 1 aromatic carbocycles. The van der Waals surface area contributed by atoms with Gasteiger partial charge in [0.05, 0.1) is 33.5 Å². The van der Waals surface area contributed by atoms with Crippen molar-refractivity contribution in [2.24, 2.45) is 34.5 Å². The summed E-state index contributed by atoms with van der Waals surface area (Å²) in [5.74, 6) is 2.87. The standard InChI is InChI=1S/C41H60O14/c1-19(44)31-25(24-15-21(50-4)7-9-28(24)51-5)16-27-23-8-6-20-14-22(10-12-40(20,2)26(23)11-13-41(27,31)3)52-38-36(49)34(47)37(30(18-43)54-38)55-39-35(48)33(46)32(45)29(17-42)53-39/h6-7,9,15,22-23,25-27,29-39,42-43,45-49H,8,10-14,16-18H2,1-5H3/t22-,23+,25?,26-,27-,29+,30+,31?,32+,33-,34+,35+,36+,37+,38+,39-,40-,41-/m0/s1. The van der Waals surface area contributed by atoms with Gasteiger partial charge in [-0.2, -0.15) is 0 Å². The van der Waals surface area contributed by atoms with Crippen LogP contribution in [0.15, 0.2) is 29.8 Å². The number of hydrogen-bond acceptors (Lipinski definition) is 14. The van der Waals surface area contributed by atoms with E-state index in [1.807, 2.05) is 18.2 Å². The molecule has 1 aromatic rings. The second-order valence-electron chi connectivity index (χ2n) is 17.3. The van der Waals surface area contributed by atoms with Crippen molar-refractivity contribution in [3.63, 3.8) is 0 Å². The van der Waals surface area contributed by atoms with Crippen LogP contribution in [0.2, 0.25) is 0 Å². The third-order valence-electron chi connectivity index (χ3n) is 14.7. The number of Topliss-reactive ketones (excluding diaryl/α,β-unsaturated/α-hetero) is 1. The van der Waals surface area contributed by atoms with Gasteiger partial charge in [-0.3, -0.25) is 4.79 Å². The maximum atomic E-state index is 13.5. The summed E-state index contributed by atoms with van der Waals surface area (Å²) in [6.45, 7) is 5.15. The van der Waals surface area contributed by atoms with Crippen molar-refractivity contribution in [1.29, 1.82) is 0 Å². The first kappa shape index (κ1) is 41.0. The van der Waals surface area contributed by atoms with Gasteiger partial charge in [0, 0.05) is 11.5 Å². The number of methoxy groups -OCH3 is 2. The first-order valence-electron chi connectivity index (χ1n) is 19.9. The molecule has 0 radical (unpaired) electrons. The van der Waals surface area contributed by atoms with Crippen molar-refractivity contribution in [1.82, 2.24) is 0 Å². The predicted molar refractivity (Wildman–Crippen MR) is 195 cm³/mol. The lowest BCUT2D eigenvalue weighted by molar-refractivity contribution is -0.363. The summed E-state index contributed by atoms with van der Waals surface area (Å²) >= 11 is 0. The van der Waals surface area contributed by atoms with Crippen molar-refractivity contribution in [3.8, 4) is 11.5 Å². The Morgan fingerprint density at radius 1 is 0.836 bits per heavy atom. The number of carbonyl (C=O) groups is 1. The van der Waals surface area contributed by atoms with Crippen LogP contribution in [-0.4, -0.2) is 136 Å². The molecule has 14 nitrogen and oxygen atoms in total. The third-order valence-corrected chi connectivity index (χ3v) is 14.7. The van der Waals surface area contributed by atoms with Crippen LogP contribution in [0.1, 0.15) is 77.2 Å². The SMILES string of the molecule is COc1ccc(OC)c(C2C[C@H]3[C@@H]4CC=C5C[C@@H](O[C@@H]6O[C@H](CO)[C@@H](O[C@@H]7O[C@H](CO)[C@@H](O)[C@H](O)[C@H]7O)[C@H](O)[C@H]6O)CC[C@]5(C)[C@H]4CC[C@]3(C)C2C(C)=O)c1. The number of rotatable bonds is 10. The van der Waals surface area contributed by atoms with Crippen molar-refractivity contribution < 1.29 is 69.0 Å². The lowest BCUT2D eigenvalue weighted by Gasteiger charge is -2.58. The van der Waals surface area contributed by atoms with Crippen LogP contribution >= 0.6 is 0 Å². The van der Waals surface area contributed by atoms with Gasteiger partial charge in [0.1, 0.15) is 66.1 Å². The zero-order valence-electron chi connectivity index (χ0n) is 32.4. The maximum absolute atomic E-state index is 13.5. The summed E-state index contributed by atoms with van der Waals surface area (Å²) in [5, 5.41) is 72.9. The van der Waals surface area contributed by atoms with E-state index in [0.29, 0.717) is 30.6 Å². The van der Waals surface area contributed by atoms with Gasteiger partial charge in [-0.15, -0.1) is 0 Å². The molecule has 3 saturated carbocycles. The van der Waals surface area contributed by atoms with E-state index in [0.717, 1.165) is 49.2 Å². The molecule has 5 fully saturated rings. The van der Waals surface area contributed by atoms with Gasteiger partial charge in [0.2, 0.25) is 0 Å². The molecule has 2 saturated heterocycles. The molecule has 18 atom stereocenters. The zero-order valence-corrected chi connectivity index (χ0v) is 32.4. The van der Waals surface area contributed by atoms with E-state index in [1.54, 1.807) is 21.1 Å². The molecule has 308 valence electrons. The number of ketones is 1. The number of aliphatic hydroxyl groups is 7. The summed E-state index contributed by atoms with van der Waals surface area (Å²) in [6.07, 6.45) is -6.96. The highest BCUT2D eigenvalue weighted by Crippen LogP contribution is 2.69. The summed E-state index contributed by atoms with van der Waals surface area (Å²) in [7, 11) is 3.33. The van der Waals surface area contributed by atoms with Gasteiger partial charge in [0.15, 0.2) is 12.6 Å². The molecule has 0 spiro atoms. The molecular weight excluding hydrogens is 716 g/mol. The van der Waals surface area contributed by atoms with Gasteiger partial charge >= 0.3 is 0 Å². The molecule has 0 amide bonds. The molecular formula is C41H60O14. The van der Waals surface area contributed by atoms with Crippen LogP contribution in [0.5, 0.6) is 11.5 Å². The molecule has 55 heavy (non-hydrogen) atoms. The summed E-state index contributed by atoms with van der Waals surface area (Å²) in [4.78, 5) is 13.5. The molecule has 2 heterocycles. The van der Waals surface area contributed by atoms with Gasteiger partial charge in [-0.05, 0) is 105 Å². The van der Waals surface area contributed by atoms with Gasteiger partial charge in [0.25, 0.3) is 0 Å². The van der Waals surface area contributed by atoms with Crippen LogP contribution in [0.25, 0.3) is 0 Å². The van der Waals surface area contributed by atoms with Gasteiger partial charge < -0.3 is 64.2 Å². The summed E-state index contributed by atoms with van der Waals surface area (Å²) in [6, 6.07) is 5.88. The predicted octanol–water partition coefficient (Wildman–Crippen LogP) is 1.57. The largest absolute Gasteiger partial charge is 0.497 e. The molecule has 2 aliphatic heterocycles. The Morgan fingerprint density at radius 3 is 2.20 bits per heavy atom. The number of aliphatic hydroxyl groups excluding tert-OH is 7. The van der Waals surface area contributed by atoms with Crippen LogP contribution in [0.4, 0.5) is 0 Å². The Kier molecular flexibility index (Phi) is 11.8. The quantitative estimate of drug-likeness (QED) is 0.168. The van der Waals surface area contributed by atoms with Crippen molar-refractivity contribution in [2.45, 2.75) is 139 Å². The Balaban J connectivity index is 1.04. The fourth-order valence-corrected chi connectivity index (χ4v) is 11.8. The highest BCUT2D eigenvalue weighted by atomic mass is 16.7. The lowest BCUT2D eigenvalue weighted by atomic mass is 9.47. The first-order valence-corrected chi connectivity index (χ1v) is 19.9. The Hall–Kier alpha value is -2.21. The van der Waals surface area contributed by atoms with Crippen LogP contribution in [-0.2, 0) is 23.7 Å². The Bertz CT molecular complexity index is 1570. The fourth-order valence-electron chi connectivity index (χ4n) is 11.8. The smallest absolute Gasteiger partial charge is 0.187 e. The van der Waals surface area contributed by atoms with Crippen molar-refractivity contribution >= 4 is 5.78 Å². The summed E-state index contributed by atoms with van der Waals surface area (Å²) < 4.78 is 34.9. The second kappa shape index (κ2) is 15.9. The molecule has 14 heteroatoms. The molecule has 7 N–H and O–H groups in total. The molecule has 0 bridgehead atoms. The van der Waals surface area contributed by atoms with Crippen LogP contribution in [0, 0.1) is 34.5 Å². The number of allylic oxidation sites excluding steroid dienone is 1. The number of benzene rings is 1.